The lowest BCUT2D eigenvalue weighted by atomic mass is 9.99. The summed E-state index contributed by atoms with van der Waals surface area (Å²) in [5.74, 6) is 1.88. The summed E-state index contributed by atoms with van der Waals surface area (Å²) < 4.78 is 2.05. The first kappa shape index (κ1) is 13.3. The maximum Gasteiger partial charge on any atom is 0.139 e. The maximum absolute atomic E-state index is 4.51. The second-order valence-electron chi connectivity index (χ2n) is 5.15. The summed E-state index contributed by atoms with van der Waals surface area (Å²) in [5.41, 5.74) is 0.979. The lowest BCUT2D eigenvalue weighted by Gasteiger charge is -2.31. The molecule has 2 aromatic rings. The quantitative estimate of drug-likeness (QED) is 0.729. The van der Waals surface area contributed by atoms with Gasteiger partial charge in [0.25, 0.3) is 0 Å². The van der Waals surface area contributed by atoms with E-state index in [1.807, 2.05) is 6.07 Å². The minimum Gasteiger partial charge on any atom is -0.356 e. The number of piperidine rings is 1. The zero-order valence-corrected chi connectivity index (χ0v) is 13.9. The summed E-state index contributed by atoms with van der Waals surface area (Å²) in [5, 5.41) is 1.11. The van der Waals surface area contributed by atoms with Gasteiger partial charge in [0.05, 0.1) is 5.52 Å². The molecular weight excluding hydrogens is 370 g/mol. The lowest BCUT2D eigenvalue weighted by Crippen LogP contribution is -2.33. The Morgan fingerprint density at radius 1 is 1.16 bits per heavy atom. The van der Waals surface area contributed by atoms with Crippen molar-refractivity contribution >= 4 is 48.6 Å². The molecule has 1 aromatic carbocycles. The van der Waals surface area contributed by atoms with Crippen LogP contribution in [-0.4, -0.2) is 23.1 Å². The van der Waals surface area contributed by atoms with E-state index in [-0.39, 0.29) is 0 Å². The third-order valence-electron chi connectivity index (χ3n) is 3.72. The van der Waals surface area contributed by atoms with Crippen molar-refractivity contribution in [3.05, 3.63) is 27.4 Å². The first-order valence-corrected chi connectivity index (χ1v) is 8.08. The van der Waals surface area contributed by atoms with Gasteiger partial charge in [-0.05, 0) is 46.8 Å². The number of nitrogens with zero attached hydrogens (tertiary/aromatic N) is 3. The number of anilines is 1. The van der Waals surface area contributed by atoms with Crippen LogP contribution in [0.2, 0.25) is 0 Å². The smallest absolute Gasteiger partial charge is 0.139 e. The molecule has 0 amide bonds. The second kappa shape index (κ2) is 5.37. The SMILES string of the molecule is CC1CCN(c2ncnc3c(Br)cc(Br)cc23)CC1. The number of hydrogen-bond donors (Lipinski definition) is 0. The minimum atomic E-state index is 0.822. The average Bonchev–Trinajstić information content (AvgIpc) is 2.39. The van der Waals surface area contributed by atoms with E-state index in [0.717, 1.165) is 44.7 Å². The molecular formula is C14H15Br2N3. The number of aromatic nitrogens is 2. The van der Waals surface area contributed by atoms with Crippen LogP contribution in [0.5, 0.6) is 0 Å². The Bertz CT molecular complexity index is 607. The van der Waals surface area contributed by atoms with Gasteiger partial charge >= 0.3 is 0 Å². The summed E-state index contributed by atoms with van der Waals surface area (Å²) in [7, 11) is 0. The molecule has 19 heavy (non-hydrogen) atoms. The molecule has 1 aliphatic rings. The predicted molar refractivity (Wildman–Crippen MR) is 85.5 cm³/mol. The van der Waals surface area contributed by atoms with Crippen molar-refractivity contribution in [1.82, 2.24) is 9.97 Å². The highest BCUT2D eigenvalue weighted by atomic mass is 79.9. The van der Waals surface area contributed by atoms with Crippen molar-refractivity contribution in [2.75, 3.05) is 18.0 Å². The second-order valence-corrected chi connectivity index (χ2v) is 6.92. The fourth-order valence-corrected chi connectivity index (χ4v) is 3.88. The zero-order chi connectivity index (χ0) is 13.4. The molecule has 0 atom stereocenters. The van der Waals surface area contributed by atoms with Crippen LogP contribution in [0.15, 0.2) is 27.4 Å². The predicted octanol–water partition coefficient (Wildman–Crippen LogP) is 4.39. The Hall–Kier alpha value is -0.680. The molecule has 0 spiro atoms. The van der Waals surface area contributed by atoms with Crippen LogP contribution in [0, 0.1) is 5.92 Å². The van der Waals surface area contributed by atoms with Gasteiger partial charge < -0.3 is 4.90 Å². The van der Waals surface area contributed by atoms with E-state index in [4.69, 9.17) is 0 Å². The molecule has 1 fully saturated rings. The molecule has 0 radical (unpaired) electrons. The summed E-state index contributed by atoms with van der Waals surface area (Å²) in [6.07, 6.45) is 4.13. The molecule has 5 heteroatoms. The van der Waals surface area contributed by atoms with Crippen LogP contribution >= 0.6 is 31.9 Å². The number of fused-ring (bicyclic) bond motifs is 1. The van der Waals surface area contributed by atoms with Crippen molar-refractivity contribution in [1.29, 1.82) is 0 Å². The summed E-state index contributed by atoms with van der Waals surface area (Å²) in [4.78, 5) is 11.3. The van der Waals surface area contributed by atoms with E-state index in [9.17, 15) is 0 Å². The molecule has 1 aromatic heterocycles. The van der Waals surface area contributed by atoms with Gasteiger partial charge in [-0.3, -0.25) is 0 Å². The topological polar surface area (TPSA) is 29.0 Å². The molecule has 1 aliphatic heterocycles. The summed E-state index contributed by atoms with van der Waals surface area (Å²) >= 11 is 7.12. The Morgan fingerprint density at radius 2 is 1.89 bits per heavy atom. The average molecular weight is 385 g/mol. The van der Waals surface area contributed by atoms with Gasteiger partial charge in [0.15, 0.2) is 0 Å². The van der Waals surface area contributed by atoms with E-state index < -0.39 is 0 Å². The van der Waals surface area contributed by atoms with E-state index >= 15 is 0 Å². The molecule has 0 N–H and O–H groups in total. The molecule has 1 saturated heterocycles. The van der Waals surface area contributed by atoms with Gasteiger partial charge in [0, 0.05) is 27.4 Å². The van der Waals surface area contributed by atoms with E-state index in [0.29, 0.717) is 0 Å². The molecule has 0 saturated carbocycles. The Morgan fingerprint density at radius 3 is 2.63 bits per heavy atom. The Labute approximate surface area is 129 Å². The largest absolute Gasteiger partial charge is 0.356 e. The normalized spacial score (nSPS) is 17.1. The van der Waals surface area contributed by atoms with Crippen LogP contribution in [0.1, 0.15) is 19.8 Å². The van der Waals surface area contributed by atoms with E-state index in [2.05, 4.69) is 59.7 Å². The van der Waals surface area contributed by atoms with Gasteiger partial charge in [0.2, 0.25) is 0 Å². The van der Waals surface area contributed by atoms with Crippen molar-refractivity contribution in [2.24, 2.45) is 5.92 Å². The molecule has 3 nitrogen and oxygen atoms in total. The van der Waals surface area contributed by atoms with Crippen molar-refractivity contribution < 1.29 is 0 Å². The van der Waals surface area contributed by atoms with Crippen LogP contribution in [0.4, 0.5) is 5.82 Å². The highest BCUT2D eigenvalue weighted by molar-refractivity contribution is 9.11. The number of halogens is 2. The highest BCUT2D eigenvalue weighted by Crippen LogP contribution is 2.33. The van der Waals surface area contributed by atoms with Gasteiger partial charge in [-0.2, -0.15) is 0 Å². The summed E-state index contributed by atoms with van der Waals surface area (Å²) in [6.45, 7) is 4.48. The standard InChI is InChI=1S/C14H15Br2N3/c1-9-2-4-19(5-3-9)14-11-6-10(15)7-12(16)13(11)17-8-18-14/h6-9H,2-5H2,1H3. The van der Waals surface area contributed by atoms with E-state index in [1.54, 1.807) is 6.33 Å². The first-order valence-electron chi connectivity index (χ1n) is 6.50. The van der Waals surface area contributed by atoms with Gasteiger partial charge in [-0.1, -0.05) is 22.9 Å². The minimum absolute atomic E-state index is 0.822. The molecule has 2 heterocycles. The monoisotopic (exact) mass is 383 g/mol. The maximum atomic E-state index is 4.51. The highest BCUT2D eigenvalue weighted by Gasteiger charge is 2.19. The van der Waals surface area contributed by atoms with Gasteiger partial charge in [-0.25, -0.2) is 9.97 Å². The van der Waals surface area contributed by atoms with Crippen molar-refractivity contribution in [3.63, 3.8) is 0 Å². The summed E-state index contributed by atoms with van der Waals surface area (Å²) in [6, 6.07) is 4.13. The number of hydrogen-bond acceptors (Lipinski definition) is 3. The first-order chi connectivity index (χ1) is 9.15. The lowest BCUT2D eigenvalue weighted by molar-refractivity contribution is 0.437. The molecule has 0 unspecified atom stereocenters. The molecule has 100 valence electrons. The van der Waals surface area contributed by atoms with Gasteiger partial charge in [-0.15, -0.1) is 0 Å². The van der Waals surface area contributed by atoms with Gasteiger partial charge in [0.1, 0.15) is 12.1 Å². The molecule has 0 bridgehead atoms. The van der Waals surface area contributed by atoms with Crippen LogP contribution in [0.25, 0.3) is 10.9 Å². The zero-order valence-electron chi connectivity index (χ0n) is 10.7. The fraction of sp³-hybridized carbons (Fsp3) is 0.429. The number of rotatable bonds is 1. The molecule has 3 rings (SSSR count). The number of benzene rings is 1. The van der Waals surface area contributed by atoms with Crippen molar-refractivity contribution in [2.45, 2.75) is 19.8 Å². The van der Waals surface area contributed by atoms with E-state index in [1.165, 1.54) is 12.8 Å². The van der Waals surface area contributed by atoms with Crippen LogP contribution in [-0.2, 0) is 0 Å². The van der Waals surface area contributed by atoms with Crippen molar-refractivity contribution in [3.8, 4) is 0 Å². The third kappa shape index (κ3) is 2.63. The fourth-order valence-electron chi connectivity index (χ4n) is 2.55. The Balaban J connectivity index is 2.08. The molecule has 0 aliphatic carbocycles. The van der Waals surface area contributed by atoms with Crippen LogP contribution in [0.3, 0.4) is 0 Å². The van der Waals surface area contributed by atoms with Crippen LogP contribution < -0.4 is 4.90 Å². The third-order valence-corrected chi connectivity index (χ3v) is 4.78. The Kier molecular flexibility index (Phi) is 3.76.